The van der Waals surface area contributed by atoms with Gasteiger partial charge in [-0.1, -0.05) is 36.9 Å². The van der Waals surface area contributed by atoms with Gasteiger partial charge >= 0.3 is 132 Å². The molecule has 3 aliphatic rings. The van der Waals surface area contributed by atoms with Crippen LogP contribution in [0.1, 0.15) is 23.6 Å². The molecule has 0 saturated carbocycles. The molecule has 7 aromatic rings. The van der Waals surface area contributed by atoms with E-state index in [0.717, 1.165) is 97.9 Å². The molecule has 0 bridgehead atoms. The molecule has 0 amide bonds. The van der Waals surface area contributed by atoms with Crippen LogP contribution in [0.25, 0.3) is 32.3 Å². The normalized spacial score (nSPS) is 13.5. The number of aryl methyl sites for hydroxylation is 3. The van der Waals surface area contributed by atoms with Crippen LogP contribution in [0.3, 0.4) is 0 Å². The van der Waals surface area contributed by atoms with E-state index in [1.165, 1.54) is 16.7 Å². The van der Waals surface area contributed by atoms with Gasteiger partial charge in [0.1, 0.15) is 38.7 Å². The molecule has 314 valence electrons. The van der Waals surface area contributed by atoms with Crippen molar-refractivity contribution < 1.29 is 27.9 Å². The van der Waals surface area contributed by atoms with Crippen molar-refractivity contribution in [3.8, 4) is 34.5 Å². The van der Waals surface area contributed by atoms with E-state index in [4.69, 9.17) is 27.9 Å². The summed E-state index contributed by atoms with van der Waals surface area (Å²) in [5.41, 5.74) is 9.43. The molecule has 0 aromatic heterocycles. The molecule has 10 rings (SSSR count). The minimum absolute atomic E-state index is 0.470. The van der Waals surface area contributed by atoms with Gasteiger partial charge < -0.3 is 29.3 Å². The number of hydrogen-bond donors (Lipinski definition) is 3. The zero-order valence-electron chi connectivity index (χ0n) is 36.8. The Morgan fingerprint density at radius 3 is 1.22 bits per heavy atom. The summed E-state index contributed by atoms with van der Waals surface area (Å²) in [6, 6.07) is 31.4. The Balaban J connectivity index is 1.05. The van der Waals surface area contributed by atoms with Gasteiger partial charge in [0.05, 0.1) is 0 Å². The maximum absolute atomic E-state index is 6.63. The third-order valence-electron chi connectivity index (χ3n) is 12.2. The molecule has 12 nitrogen and oxygen atoms in total. The van der Waals surface area contributed by atoms with Crippen molar-refractivity contribution in [3.05, 3.63) is 108 Å². The molecular weight excluding hydrogens is 797 g/mol. The fourth-order valence-corrected chi connectivity index (χ4v) is 8.76. The molecule has 3 aliphatic heterocycles. The van der Waals surface area contributed by atoms with Crippen molar-refractivity contribution >= 4 is 110 Å². The van der Waals surface area contributed by atoms with E-state index in [-0.39, 0.29) is 0 Å². The molecule has 0 fully saturated rings. The number of nitrogens with one attached hydrogen (secondary N) is 3. The average molecular weight is 844 g/mol. The number of rotatable bonds is 15. The van der Waals surface area contributed by atoms with Crippen molar-refractivity contribution in [2.24, 2.45) is 15.3 Å². The topological polar surface area (TPSA) is 129 Å². The van der Waals surface area contributed by atoms with Crippen LogP contribution in [0.5, 0.6) is 34.5 Å². The summed E-state index contributed by atoms with van der Waals surface area (Å²) in [5.74, 6) is 3.99. The van der Waals surface area contributed by atoms with E-state index in [9.17, 15) is 0 Å². The number of nitrogens with zero attached hydrogens (tertiary/aromatic N) is 3. The molecule has 0 radical (unpaired) electrons. The van der Waals surface area contributed by atoms with Crippen molar-refractivity contribution in [3.63, 3.8) is 0 Å². The molecule has 7 aromatic carbocycles. The summed E-state index contributed by atoms with van der Waals surface area (Å²) in [7, 11) is 5.82. The molecule has 3 heterocycles. The average Bonchev–Trinajstić information content (AvgIpc) is 4.06. The van der Waals surface area contributed by atoms with Gasteiger partial charge in [-0.2, -0.15) is 0 Å². The van der Waals surface area contributed by atoms with E-state index >= 15 is 0 Å². The Hall–Kier alpha value is -6.69. The van der Waals surface area contributed by atoms with Gasteiger partial charge in [-0.05, 0) is 106 Å². The quantitative estimate of drug-likeness (QED) is 0.0397. The molecule has 3 N–H and O–H groups in total. The van der Waals surface area contributed by atoms with E-state index in [1.54, 1.807) is 0 Å². The van der Waals surface area contributed by atoms with E-state index in [1.807, 2.05) is 0 Å². The van der Waals surface area contributed by atoms with E-state index in [2.05, 4.69) is 166 Å². The third kappa shape index (κ3) is 7.73. The van der Waals surface area contributed by atoms with E-state index < -0.39 is 21.4 Å². The number of benzene rings is 7. The summed E-state index contributed by atoms with van der Waals surface area (Å²) < 4.78 is 39.7. The minimum atomic E-state index is -0.652. The fraction of sp³-hybridized carbons (Fsp3) is 0.217. The zero-order valence-corrected chi connectivity index (χ0v) is 36.8. The molecule has 0 saturated heterocycles. The second-order valence-corrected chi connectivity index (χ2v) is 16.5. The van der Waals surface area contributed by atoms with Crippen molar-refractivity contribution in [1.82, 2.24) is 0 Å². The van der Waals surface area contributed by atoms with Crippen molar-refractivity contribution in [1.29, 1.82) is 0 Å². The number of anilines is 3. The molecule has 0 aliphatic carbocycles. The summed E-state index contributed by atoms with van der Waals surface area (Å²) >= 11 is 0. The second-order valence-electron chi connectivity index (χ2n) is 16.5. The monoisotopic (exact) mass is 844 g/mol. The number of fused-ring (bicyclic) bond motifs is 9. The predicted molar refractivity (Wildman–Crippen MR) is 269 cm³/mol. The molecular formula is C46H46B6N6O6. The van der Waals surface area contributed by atoms with Crippen molar-refractivity contribution in [2.45, 2.75) is 39.8 Å². The van der Waals surface area contributed by atoms with Crippen LogP contribution in [0.15, 0.2) is 106 Å². The first-order chi connectivity index (χ1) is 31.3. The van der Waals surface area contributed by atoms with Gasteiger partial charge in [-0.25, -0.2) is 0 Å². The summed E-state index contributed by atoms with van der Waals surface area (Å²) in [6.07, 6.45) is 2.92. The summed E-state index contributed by atoms with van der Waals surface area (Å²) in [5, 5.41) is 27.6. The van der Waals surface area contributed by atoms with Gasteiger partial charge in [0.2, 0.25) is 0 Å². The molecule has 0 spiro atoms. The third-order valence-corrected chi connectivity index (χ3v) is 12.2. The van der Waals surface area contributed by atoms with Crippen LogP contribution >= 0.6 is 0 Å². The molecule has 0 unspecified atom stereocenters. The van der Waals surface area contributed by atoms with Gasteiger partial charge in [0.15, 0.2) is 0 Å². The predicted octanol–water partition coefficient (Wildman–Crippen LogP) is 5.62. The van der Waals surface area contributed by atoms with Crippen LogP contribution in [-0.2, 0) is 6.42 Å². The second kappa shape index (κ2) is 17.5. The number of hydrogen-bond acceptors (Lipinski definition) is 11. The Labute approximate surface area is 376 Å². The Bertz CT molecular complexity index is 2850. The molecule has 0 atom stereocenters. The first-order valence-electron chi connectivity index (χ1n) is 22.3. The summed E-state index contributed by atoms with van der Waals surface area (Å²) in [6.45, 7) is 9.18. The van der Waals surface area contributed by atoms with E-state index in [0.29, 0.717) is 47.6 Å². The van der Waals surface area contributed by atoms with Crippen LogP contribution < -0.4 is 60.3 Å². The van der Waals surface area contributed by atoms with Crippen LogP contribution in [0.4, 0.5) is 17.1 Å². The Morgan fingerprint density at radius 2 is 0.859 bits per heavy atom. The van der Waals surface area contributed by atoms with Crippen LogP contribution in [0, 0.1) is 13.8 Å². The van der Waals surface area contributed by atoms with Crippen molar-refractivity contribution in [2.75, 3.05) is 42.1 Å². The van der Waals surface area contributed by atoms with Gasteiger partial charge in [-0.3, -0.25) is 0 Å². The van der Waals surface area contributed by atoms with Gasteiger partial charge in [-0.15, -0.1) is 0 Å². The standard InChI is InChI=1S/C46H46B6N6O6/c1-4-28-7-10-31(19-40(28)55-15-16-56-58-57-49)52-63-45-24-36-34-22-43-41(59-50(61-43)29-8-5-26(2)38(17-29)53-13-11-47)20-32(34)33-21-42-44(23-35(33)37(36)25-46(45)64-52)62-51(60-42)30-9-6-27(3)39(18-30)54-14-12-48/h5-10,17-25,49,53-55H,4,11-16,47-48H2,1-3H3. The molecule has 64 heavy (non-hydrogen) atoms. The van der Waals surface area contributed by atoms with Crippen LogP contribution in [-0.4, -0.2) is 70.9 Å². The fourth-order valence-electron chi connectivity index (χ4n) is 8.76. The van der Waals surface area contributed by atoms with Gasteiger partial charge in [0, 0.05) is 35.4 Å². The van der Waals surface area contributed by atoms with Gasteiger partial charge in [0.25, 0.3) is 0 Å². The zero-order chi connectivity index (χ0) is 43.9. The van der Waals surface area contributed by atoms with Crippen LogP contribution in [0.2, 0.25) is 12.6 Å². The first-order valence-corrected chi connectivity index (χ1v) is 22.3. The SMILES string of the molecule is B=NN=NCCNc1cc(B2Oc3cc4c5cc6c(cc5c5cc7c(cc5c4cc3O2)OB(c2ccc(C)c(NCCB)c2)O7)OB(c2ccc(C)c(NCCB)c2)O6)ccc1CC. The maximum atomic E-state index is 6.63. The molecule has 18 heteroatoms. The Morgan fingerprint density at radius 1 is 0.500 bits per heavy atom. The first kappa shape index (κ1) is 41.3. The Kier molecular flexibility index (Phi) is 11.3. The summed E-state index contributed by atoms with van der Waals surface area (Å²) in [4.78, 5) is 0.